The van der Waals surface area contributed by atoms with Crippen LogP contribution in [0.2, 0.25) is 0 Å². The van der Waals surface area contributed by atoms with Crippen molar-refractivity contribution in [2.24, 2.45) is 0 Å². The lowest BCUT2D eigenvalue weighted by Crippen LogP contribution is -2.34. The number of ether oxygens (including phenoxy) is 1. The standard InChI is InChI=1S/C12H11NO4/c1-7(14)13-11(16)9-5-3-4-6-10(9)12(13)17-8(2)15/h3-6,12H,1-2H3. The lowest BCUT2D eigenvalue weighted by Gasteiger charge is -2.21. The van der Waals surface area contributed by atoms with Crippen molar-refractivity contribution in [3.05, 3.63) is 35.4 Å². The molecule has 1 aliphatic heterocycles. The summed E-state index contributed by atoms with van der Waals surface area (Å²) in [7, 11) is 0. The van der Waals surface area contributed by atoms with E-state index >= 15 is 0 Å². The van der Waals surface area contributed by atoms with Crippen LogP contribution in [-0.4, -0.2) is 22.7 Å². The molecule has 5 nitrogen and oxygen atoms in total. The average Bonchev–Trinajstić information content (AvgIpc) is 2.52. The maximum Gasteiger partial charge on any atom is 0.304 e. The van der Waals surface area contributed by atoms with Crippen LogP contribution in [0.3, 0.4) is 0 Å². The van der Waals surface area contributed by atoms with Gasteiger partial charge in [-0.15, -0.1) is 0 Å². The molecule has 1 aromatic carbocycles. The van der Waals surface area contributed by atoms with Crippen molar-refractivity contribution in [3.8, 4) is 0 Å². The molecule has 1 aliphatic rings. The van der Waals surface area contributed by atoms with Crippen LogP contribution in [-0.2, 0) is 14.3 Å². The molecule has 0 fully saturated rings. The molecule has 1 heterocycles. The Balaban J connectivity index is 2.49. The summed E-state index contributed by atoms with van der Waals surface area (Å²) in [5.41, 5.74) is 0.942. The van der Waals surface area contributed by atoms with Crippen molar-refractivity contribution in [3.63, 3.8) is 0 Å². The number of hydrogen-bond acceptors (Lipinski definition) is 4. The number of fused-ring (bicyclic) bond motifs is 1. The van der Waals surface area contributed by atoms with E-state index in [2.05, 4.69) is 0 Å². The molecule has 0 spiro atoms. The summed E-state index contributed by atoms with van der Waals surface area (Å²) in [6.45, 7) is 2.50. The molecule has 17 heavy (non-hydrogen) atoms. The van der Waals surface area contributed by atoms with Gasteiger partial charge in [-0.2, -0.15) is 0 Å². The van der Waals surface area contributed by atoms with E-state index in [1.54, 1.807) is 24.3 Å². The van der Waals surface area contributed by atoms with Gasteiger partial charge in [-0.1, -0.05) is 18.2 Å². The van der Waals surface area contributed by atoms with Crippen molar-refractivity contribution in [1.29, 1.82) is 0 Å². The Labute approximate surface area is 98.0 Å². The molecular formula is C12H11NO4. The first-order valence-corrected chi connectivity index (χ1v) is 5.12. The first kappa shape index (κ1) is 11.3. The normalized spacial score (nSPS) is 17.9. The van der Waals surface area contributed by atoms with Crippen LogP contribution >= 0.6 is 0 Å². The van der Waals surface area contributed by atoms with Gasteiger partial charge < -0.3 is 4.74 Å². The molecule has 0 bridgehead atoms. The predicted molar refractivity (Wildman–Crippen MR) is 57.8 cm³/mol. The zero-order chi connectivity index (χ0) is 12.6. The van der Waals surface area contributed by atoms with E-state index in [0.29, 0.717) is 11.1 Å². The quantitative estimate of drug-likeness (QED) is 0.685. The van der Waals surface area contributed by atoms with Gasteiger partial charge in [0.2, 0.25) is 12.1 Å². The summed E-state index contributed by atoms with van der Waals surface area (Å²) >= 11 is 0. The number of esters is 1. The molecule has 1 unspecified atom stereocenters. The number of hydrogen-bond donors (Lipinski definition) is 0. The smallest absolute Gasteiger partial charge is 0.304 e. The van der Waals surface area contributed by atoms with Gasteiger partial charge >= 0.3 is 5.97 Å². The van der Waals surface area contributed by atoms with Gasteiger partial charge in [0.25, 0.3) is 5.91 Å². The minimum absolute atomic E-state index is 0.397. The number of nitrogens with zero attached hydrogens (tertiary/aromatic N) is 1. The van der Waals surface area contributed by atoms with Crippen molar-refractivity contribution < 1.29 is 19.1 Å². The second-order valence-corrected chi connectivity index (χ2v) is 3.74. The fourth-order valence-corrected chi connectivity index (χ4v) is 1.86. The van der Waals surface area contributed by atoms with Crippen LogP contribution in [0.15, 0.2) is 24.3 Å². The monoisotopic (exact) mass is 233 g/mol. The summed E-state index contributed by atoms with van der Waals surface area (Å²) in [5, 5.41) is 0. The topological polar surface area (TPSA) is 63.7 Å². The van der Waals surface area contributed by atoms with E-state index in [9.17, 15) is 14.4 Å². The van der Waals surface area contributed by atoms with Crippen molar-refractivity contribution in [2.45, 2.75) is 20.1 Å². The summed E-state index contributed by atoms with van der Waals surface area (Å²) in [6.07, 6.45) is -0.936. The predicted octanol–water partition coefficient (Wildman–Crippen LogP) is 1.25. The highest BCUT2D eigenvalue weighted by atomic mass is 16.6. The molecule has 88 valence electrons. The third-order valence-electron chi connectivity index (χ3n) is 2.53. The Morgan fingerprint density at radius 3 is 2.47 bits per heavy atom. The highest BCUT2D eigenvalue weighted by Gasteiger charge is 2.40. The maximum atomic E-state index is 11.9. The zero-order valence-corrected chi connectivity index (χ0v) is 9.47. The van der Waals surface area contributed by atoms with E-state index in [1.165, 1.54) is 13.8 Å². The summed E-state index contributed by atoms with van der Waals surface area (Å²) < 4.78 is 5.03. The van der Waals surface area contributed by atoms with Crippen LogP contribution < -0.4 is 0 Å². The van der Waals surface area contributed by atoms with E-state index in [4.69, 9.17) is 4.74 Å². The highest BCUT2D eigenvalue weighted by Crippen LogP contribution is 2.34. The van der Waals surface area contributed by atoms with Gasteiger partial charge in [-0.05, 0) is 6.07 Å². The Morgan fingerprint density at radius 2 is 1.88 bits per heavy atom. The van der Waals surface area contributed by atoms with Gasteiger partial charge in [0.1, 0.15) is 0 Å². The first-order chi connectivity index (χ1) is 8.02. The lowest BCUT2D eigenvalue weighted by atomic mass is 10.1. The molecule has 0 aliphatic carbocycles. The average molecular weight is 233 g/mol. The Bertz CT molecular complexity index is 509. The van der Waals surface area contributed by atoms with Crippen LogP contribution in [0.4, 0.5) is 0 Å². The third-order valence-corrected chi connectivity index (χ3v) is 2.53. The van der Waals surface area contributed by atoms with Crippen LogP contribution in [0.5, 0.6) is 0 Å². The summed E-state index contributed by atoms with van der Waals surface area (Å²) in [4.78, 5) is 35.3. The molecule has 0 N–H and O–H groups in total. The minimum Gasteiger partial charge on any atom is -0.437 e. The summed E-state index contributed by atoms with van der Waals surface area (Å²) in [6, 6.07) is 6.71. The van der Waals surface area contributed by atoms with Crippen molar-refractivity contribution >= 4 is 17.8 Å². The number of carbonyl (C=O) groups is 3. The molecule has 0 saturated heterocycles. The Hall–Kier alpha value is -2.17. The van der Waals surface area contributed by atoms with Crippen molar-refractivity contribution in [2.75, 3.05) is 0 Å². The van der Waals surface area contributed by atoms with E-state index < -0.39 is 24.0 Å². The summed E-state index contributed by atoms with van der Waals surface area (Å²) in [5.74, 6) is -1.41. The number of amides is 2. The van der Waals surface area contributed by atoms with Gasteiger partial charge in [0.05, 0.1) is 0 Å². The molecule has 0 aromatic heterocycles. The van der Waals surface area contributed by atoms with Gasteiger partial charge in [0, 0.05) is 25.0 Å². The fraction of sp³-hybridized carbons (Fsp3) is 0.250. The van der Waals surface area contributed by atoms with Crippen LogP contribution in [0.25, 0.3) is 0 Å². The zero-order valence-electron chi connectivity index (χ0n) is 9.47. The molecule has 1 aromatic rings. The van der Waals surface area contributed by atoms with Gasteiger partial charge in [0.15, 0.2) is 0 Å². The van der Waals surface area contributed by atoms with E-state index in [0.717, 1.165) is 4.90 Å². The largest absolute Gasteiger partial charge is 0.437 e. The first-order valence-electron chi connectivity index (χ1n) is 5.12. The minimum atomic E-state index is -0.936. The number of imide groups is 1. The SMILES string of the molecule is CC(=O)OC1c2ccccc2C(=O)N1C(C)=O. The lowest BCUT2D eigenvalue weighted by molar-refractivity contribution is -0.157. The van der Waals surface area contributed by atoms with E-state index in [-0.39, 0.29) is 0 Å². The molecule has 0 radical (unpaired) electrons. The molecule has 0 saturated carbocycles. The number of carbonyl (C=O) groups excluding carboxylic acids is 3. The van der Waals surface area contributed by atoms with Crippen LogP contribution in [0, 0.1) is 0 Å². The molecule has 2 rings (SSSR count). The molecular weight excluding hydrogens is 222 g/mol. The van der Waals surface area contributed by atoms with Crippen molar-refractivity contribution in [1.82, 2.24) is 4.90 Å². The van der Waals surface area contributed by atoms with E-state index in [1.807, 2.05) is 0 Å². The third kappa shape index (κ3) is 1.80. The molecule has 2 amide bonds. The Morgan fingerprint density at radius 1 is 1.24 bits per heavy atom. The van der Waals surface area contributed by atoms with Gasteiger partial charge in [-0.3, -0.25) is 14.4 Å². The Kier molecular flexibility index (Phi) is 2.67. The maximum absolute atomic E-state index is 11.9. The van der Waals surface area contributed by atoms with Gasteiger partial charge in [-0.25, -0.2) is 4.90 Å². The van der Waals surface area contributed by atoms with Crippen LogP contribution in [0.1, 0.15) is 36.0 Å². The number of rotatable bonds is 1. The second kappa shape index (κ2) is 4.01. The second-order valence-electron chi connectivity index (χ2n) is 3.74. The fourth-order valence-electron chi connectivity index (χ4n) is 1.86. The molecule has 5 heteroatoms. The molecule has 1 atom stereocenters. The number of benzene rings is 1. The highest BCUT2D eigenvalue weighted by molar-refractivity contribution is 6.08.